The third-order valence-corrected chi connectivity index (χ3v) is 3.21. The molecule has 1 amide bonds. The second-order valence-corrected chi connectivity index (χ2v) is 7.12. The van der Waals surface area contributed by atoms with E-state index in [2.05, 4.69) is 42.0 Å². The number of amides is 1. The normalized spacial score (nSPS) is 13.2. The fourth-order valence-corrected chi connectivity index (χ4v) is 2.86. The van der Waals surface area contributed by atoms with Crippen LogP contribution >= 0.6 is 15.9 Å². The Morgan fingerprint density at radius 3 is 2.20 bits per heavy atom. The Kier molecular flexibility index (Phi) is 5.62. The summed E-state index contributed by atoms with van der Waals surface area (Å²) in [4.78, 5) is 11.8. The van der Waals surface area contributed by atoms with Gasteiger partial charge in [0, 0.05) is 16.9 Å². The Bertz CT molecular complexity index is 477. The van der Waals surface area contributed by atoms with Gasteiger partial charge >= 0.3 is 0 Å². The third-order valence-electron chi connectivity index (χ3n) is 2.56. The fraction of sp³-hybridized carbons (Fsp3) is 0.500. The van der Waals surface area contributed by atoms with Crippen molar-refractivity contribution < 1.29 is 18.0 Å². The van der Waals surface area contributed by atoms with Crippen molar-refractivity contribution in [3.63, 3.8) is 0 Å². The van der Waals surface area contributed by atoms with Gasteiger partial charge in [-0.05, 0) is 24.0 Å². The van der Waals surface area contributed by atoms with Crippen LogP contribution < -0.4 is 5.32 Å². The molecule has 6 heteroatoms. The summed E-state index contributed by atoms with van der Waals surface area (Å²) in [7, 11) is 0. The average Bonchev–Trinajstić information content (AvgIpc) is 2.30. The maximum absolute atomic E-state index is 13.0. The van der Waals surface area contributed by atoms with E-state index in [1.54, 1.807) is 0 Å². The predicted octanol–water partition coefficient (Wildman–Crippen LogP) is 4.03. The van der Waals surface area contributed by atoms with Crippen molar-refractivity contribution >= 4 is 21.8 Å². The zero-order valence-electron chi connectivity index (χ0n) is 11.6. The van der Waals surface area contributed by atoms with Gasteiger partial charge in [-0.25, -0.2) is 13.2 Å². The van der Waals surface area contributed by atoms with Crippen molar-refractivity contribution in [3.05, 3.63) is 35.1 Å². The van der Waals surface area contributed by atoms with Crippen molar-refractivity contribution in [1.29, 1.82) is 0 Å². The molecule has 1 unspecified atom stereocenters. The van der Waals surface area contributed by atoms with Gasteiger partial charge in [0.25, 0.3) is 5.91 Å². The summed E-state index contributed by atoms with van der Waals surface area (Å²) in [6, 6.07) is 1.36. The lowest BCUT2D eigenvalue weighted by atomic mass is 9.90. The number of benzene rings is 1. The van der Waals surface area contributed by atoms with Crippen LogP contribution in [0.15, 0.2) is 12.1 Å². The van der Waals surface area contributed by atoms with Gasteiger partial charge in [-0.3, -0.25) is 4.79 Å². The van der Waals surface area contributed by atoms with Crippen LogP contribution in [-0.2, 0) is 0 Å². The number of halogens is 4. The van der Waals surface area contributed by atoms with Gasteiger partial charge in [-0.1, -0.05) is 36.7 Å². The minimum absolute atomic E-state index is 0.0431. The average molecular weight is 352 g/mol. The smallest absolute Gasteiger partial charge is 0.251 e. The van der Waals surface area contributed by atoms with Gasteiger partial charge in [-0.2, -0.15) is 0 Å². The van der Waals surface area contributed by atoms with E-state index in [1.807, 2.05) is 0 Å². The SMILES string of the molecule is CC(C)(C)CC(Br)CNC(=O)c1cc(F)c(F)c(F)c1. The molecule has 0 aliphatic heterocycles. The van der Waals surface area contributed by atoms with E-state index in [1.165, 1.54) is 0 Å². The molecule has 2 nitrogen and oxygen atoms in total. The molecular formula is C14H17BrF3NO. The van der Waals surface area contributed by atoms with Crippen LogP contribution in [0.2, 0.25) is 0 Å². The molecule has 112 valence electrons. The van der Waals surface area contributed by atoms with Crippen LogP contribution in [0, 0.1) is 22.9 Å². The molecule has 0 aromatic heterocycles. The summed E-state index contributed by atoms with van der Waals surface area (Å²) in [5, 5.41) is 2.55. The minimum atomic E-state index is -1.58. The zero-order chi connectivity index (χ0) is 15.5. The fourth-order valence-electron chi connectivity index (χ4n) is 1.73. The monoisotopic (exact) mass is 351 g/mol. The van der Waals surface area contributed by atoms with Gasteiger partial charge in [-0.15, -0.1) is 0 Å². The highest BCUT2D eigenvalue weighted by molar-refractivity contribution is 9.09. The quantitative estimate of drug-likeness (QED) is 0.643. The van der Waals surface area contributed by atoms with Gasteiger partial charge < -0.3 is 5.32 Å². The lowest BCUT2D eigenvalue weighted by Crippen LogP contribution is -2.31. The number of alkyl halides is 1. The highest BCUT2D eigenvalue weighted by Gasteiger charge is 2.19. The molecule has 0 spiro atoms. The maximum Gasteiger partial charge on any atom is 0.251 e. The molecule has 0 heterocycles. The molecule has 0 bridgehead atoms. The first-order valence-electron chi connectivity index (χ1n) is 6.17. The summed E-state index contributed by atoms with van der Waals surface area (Å²) in [5.41, 5.74) is -0.149. The van der Waals surface area contributed by atoms with Crippen LogP contribution in [0.1, 0.15) is 37.6 Å². The van der Waals surface area contributed by atoms with Crippen LogP contribution in [0.25, 0.3) is 0 Å². The molecule has 0 aliphatic rings. The Morgan fingerprint density at radius 1 is 1.25 bits per heavy atom. The molecule has 1 rings (SSSR count). The molecule has 0 aliphatic carbocycles. The van der Waals surface area contributed by atoms with Crippen LogP contribution in [0.5, 0.6) is 0 Å². The molecule has 1 N–H and O–H groups in total. The first-order chi connectivity index (χ1) is 9.10. The summed E-state index contributed by atoms with van der Waals surface area (Å²) in [6.45, 7) is 6.51. The summed E-state index contributed by atoms with van der Waals surface area (Å²) < 4.78 is 38.8. The van der Waals surface area contributed by atoms with E-state index < -0.39 is 23.4 Å². The number of carbonyl (C=O) groups is 1. The number of carbonyl (C=O) groups excluding carboxylic acids is 1. The van der Waals surface area contributed by atoms with Gasteiger partial charge in [0.05, 0.1) is 0 Å². The van der Waals surface area contributed by atoms with Crippen LogP contribution in [0.4, 0.5) is 13.2 Å². The van der Waals surface area contributed by atoms with Crippen LogP contribution in [-0.4, -0.2) is 17.3 Å². The first-order valence-corrected chi connectivity index (χ1v) is 7.08. The molecule has 20 heavy (non-hydrogen) atoms. The number of nitrogens with one attached hydrogen (secondary N) is 1. The highest BCUT2D eigenvalue weighted by Crippen LogP contribution is 2.24. The maximum atomic E-state index is 13.0. The van der Waals surface area contributed by atoms with E-state index in [9.17, 15) is 18.0 Å². The molecule has 0 fully saturated rings. The van der Waals surface area contributed by atoms with E-state index in [0.29, 0.717) is 18.7 Å². The Hall–Kier alpha value is -1.04. The number of hydrogen-bond donors (Lipinski definition) is 1. The first kappa shape index (κ1) is 17.0. The summed E-state index contributed by atoms with van der Waals surface area (Å²) in [5.74, 6) is -4.96. The molecular weight excluding hydrogens is 335 g/mol. The van der Waals surface area contributed by atoms with E-state index in [4.69, 9.17) is 0 Å². The van der Waals surface area contributed by atoms with Gasteiger partial charge in [0.1, 0.15) is 0 Å². The Balaban J connectivity index is 2.64. The van der Waals surface area contributed by atoms with Gasteiger partial charge in [0.15, 0.2) is 17.5 Å². The molecule has 1 aromatic carbocycles. The third kappa shape index (κ3) is 5.15. The Morgan fingerprint density at radius 2 is 1.75 bits per heavy atom. The molecule has 1 aromatic rings. The lowest BCUT2D eigenvalue weighted by Gasteiger charge is -2.22. The largest absolute Gasteiger partial charge is 0.351 e. The van der Waals surface area contributed by atoms with Crippen molar-refractivity contribution in [3.8, 4) is 0 Å². The summed E-state index contributed by atoms with van der Waals surface area (Å²) >= 11 is 3.43. The molecule has 0 radical (unpaired) electrons. The van der Waals surface area contributed by atoms with Crippen molar-refractivity contribution in [2.75, 3.05) is 6.54 Å². The number of hydrogen-bond acceptors (Lipinski definition) is 1. The van der Waals surface area contributed by atoms with Gasteiger partial charge in [0.2, 0.25) is 0 Å². The highest BCUT2D eigenvalue weighted by atomic mass is 79.9. The zero-order valence-corrected chi connectivity index (χ0v) is 13.2. The van der Waals surface area contributed by atoms with Crippen molar-refractivity contribution in [1.82, 2.24) is 5.32 Å². The summed E-state index contributed by atoms with van der Waals surface area (Å²) in [6.07, 6.45) is 0.819. The van der Waals surface area contributed by atoms with Crippen molar-refractivity contribution in [2.24, 2.45) is 5.41 Å². The molecule has 1 atom stereocenters. The second kappa shape index (κ2) is 6.61. The minimum Gasteiger partial charge on any atom is -0.351 e. The van der Waals surface area contributed by atoms with E-state index in [0.717, 1.165) is 6.42 Å². The standard InChI is InChI=1S/C14H17BrF3NO/c1-14(2,3)6-9(15)7-19-13(20)8-4-10(16)12(18)11(17)5-8/h4-5,9H,6-7H2,1-3H3,(H,19,20). The van der Waals surface area contributed by atoms with Crippen molar-refractivity contribution in [2.45, 2.75) is 32.0 Å². The van der Waals surface area contributed by atoms with Crippen LogP contribution in [0.3, 0.4) is 0 Å². The van der Waals surface area contributed by atoms with E-state index >= 15 is 0 Å². The Labute approximate surface area is 124 Å². The second-order valence-electron chi connectivity index (χ2n) is 5.83. The lowest BCUT2D eigenvalue weighted by molar-refractivity contribution is 0.0951. The topological polar surface area (TPSA) is 29.1 Å². The molecule has 0 saturated heterocycles. The van der Waals surface area contributed by atoms with E-state index in [-0.39, 0.29) is 15.8 Å². The number of rotatable bonds is 4. The molecule has 0 saturated carbocycles. The predicted molar refractivity (Wildman–Crippen MR) is 75.4 cm³/mol.